The van der Waals surface area contributed by atoms with Crippen molar-refractivity contribution in [2.75, 3.05) is 0 Å². The summed E-state index contributed by atoms with van der Waals surface area (Å²) in [6, 6.07) is 9.06. The van der Waals surface area contributed by atoms with E-state index in [9.17, 15) is 5.11 Å². The van der Waals surface area contributed by atoms with E-state index in [0.29, 0.717) is 6.04 Å². The van der Waals surface area contributed by atoms with Crippen LogP contribution in [0, 0.1) is 0 Å². The second kappa shape index (κ2) is 4.74. The van der Waals surface area contributed by atoms with Crippen LogP contribution in [0.3, 0.4) is 0 Å². The van der Waals surface area contributed by atoms with Crippen LogP contribution in [0.5, 0.6) is 0 Å². The molecule has 0 spiro atoms. The second-order valence-corrected chi connectivity index (χ2v) is 6.15. The molecule has 2 aromatic rings. The van der Waals surface area contributed by atoms with Crippen LogP contribution in [0.1, 0.15) is 67.0 Å². The molecule has 4 rings (SSSR count). The van der Waals surface area contributed by atoms with Crippen LogP contribution in [-0.2, 0) is 0 Å². The minimum absolute atomic E-state index is 0.552. The molecule has 1 atom stereocenters. The fourth-order valence-electron chi connectivity index (χ4n) is 3.05. The molecule has 1 unspecified atom stereocenters. The number of aliphatic hydroxyl groups is 1. The lowest BCUT2D eigenvalue weighted by Gasteiger charge is -2.26. The highest BCUT2D eigenvalue weighted by Crippen LogP contribution is 2.39. The van der Waals surface area contributed by atoms with Crippen molar-refractivity contribution in [3.63, 3.8) is 0 Å². The summed E-state index contributed by atoms with van der Waals surface area (Å²) >= 11 is 0. The Kier molecular flexibility index (Phi) is 2.88. The maximum atomic E-state index is 10.6. The van der Waals surface area contributed by atoms with E-state index >= 15 is 0 Å². The van der Waals surface area contributed by atoms with Crippen molar-refractivity contribution in [1.82, 2.24) is 9.55 Å². The van der Waals surface area contributed by atoms with E-state index in [1.807, 2.05) is 6.33 Å². The Hall–Kier alpha value is -1.61. The second-order valence-electron chi connectivity index (χ2n) is 6.15. The van der Waals surface area contributed by atoms with Gasteiger partial charge in [0, 0.05) is 6.04 Å². The first-order valence-corrected chi connectivity index (χ1v) is 7.62. The van der Waals surface area contributed by atoms with Crippen molar-refractivity contribution in [1.29, 1.82) is 0 Å². The van der Waals surface area contributed by atoms with E-state index in [4.69, 9.17) is 0 Å². The maximum absolute atomic E-state index is 10.6. The molecule has 0 bridgehead atoms. The highest BCUT2D eigenvalue weighted by atomic mass is 16.3. The van der Waals surface area contributed by atoms with Crippen molar-refractivity contribution in [3.8, 4) is 0 Å². The van der Waals surface area contributed by atoms with Gasteiger partial charge in [-0.25, -0.2) is 4.98 Å². The molecule has 1 aromatic carbocycles. The average molecular weight is 268 g/mol. The molecule has 3 heteroatoms. The van der Waals surface area contributed by atoms with Gasteiger partial charge < -0.3 is 9.67 Å². The Morgan fingerprint density at radius 1 is 1.10 bits per heavy atom. The molecule has 104 valence electrons. The molecule has 0 aliphatic heterocycles. The fourth-order valence-corrected chi connectivity index (χ4v) is 3.05. The number of nitrogens with zero attached hydrogens (tertiary/aromatic N) is 2. The van der Waals surface area contributed by atoms with Crippen LogP contribution < -0.4 is 0 Å². The van der Waals surface area contributed by atoms with E-state index < -0.39 is 6.10 Å². The molecule has 0 radical (unpaired) electrons. The normalized spacial score (nSPS) is 20.6. The number of rotatable bonds is 4. The molecule has 0 saturated heterocycles. The van der Waals surface area contributed by atoms with Gasteiger partial charge in [0.25, 0.3) is 0 Å². The topological polar surface area (TPSA) is 38.1 Å². The number of aliphatic hydroxyl groups excluding tert-OH is 1. The molecule has 0 amide bonds. The molecule has 3 nitrogen and oxygen atoms in total. The number of hydrogen-bond donors (Lipinski definition) is 1. The van der Waals surface area contributed by atoms with Crippen LogP contribution in [0.4, 0.5) is 0 Å². The Morgan fingerprint density at radius 3 is 2.45 bits per heavy atom. The van der Waals surface area contributed by atoms with Crippen LogP contribution in [0.15, 0.2) is 36.8 Å². The summed E-state index contributed by atoms with van der Waals surface area (Å²) in [7, 11) is 0. The van der Waals surface area contributed by atoms with Crippen molar-refractivity contribution in [2.24, 2.45) is 0 Å². The third-order valence-corrected chi connectivity index (χ3v) is 4.75. The number of imidazole rings is 1. The summed E-state index contributed by atoms with van der Waals surface area (Å²) in [6.07, 6.45) is 9.48. The summed E-state index contributed by atoms with van der Waals surface area (Å²) < 4.78 is 2.13. The van der Waals surface area contributed by atoms with E-state index in [1.54, 1.807) is 6.20 Å². The summed E-state index contributed by atoms with van der Waals surface area (Å²) in [5.41, 5.74) is 3.31. The first-order valence-electron chi connectivity index (χ1n) is 7.62. The molecule has 2 fully saturated rings. The highest BCUT2D eigenvalue weighted by molar-refractivity contribution is 5.31. The number of aromatic nitrogens is 2. The lowest BCUT2D eigenvalue weighted by atomic mass is 9.80. The minimum atomic E-state index is -0.562. The average Bonchev–Trinajstić information content (AvgIpc) is 3.14. The monoisotopic (exact) mass is 268 g/mol. The smallest absolute Gasteiger partial charge is 0.121 e. The molecular weight excluding hydrogens is 248 g/mol. The molecule has 2 saturated carbocycles. The Bertz CT molecular complexity index is 594. The molecule has 1 heterocycles. The van der Waals surface area contributed by atoms with Crippen LogP contribution in [-0.4, -0.2) is 14.7 Å². The van der Waals surface area contributed by atoms with Crippen LogP contribution in [0.2, 0.25) is 0 Å². The Morgan fingerprint density at radius 2 is 1.85 bits per heavy atom. The number of benzene rings is 1. The molecule has 2 aliphatic carbocycles. The van der Waals surface area contributed by atoms with Crippen LogP contribution in [0.25, 0.3) is 0 Å². The van der Waals surface area contributed by atoms with E-state index in [2.05, 4.69) is 33.8 Å². The van der Waals surface area contributed by atoms with Gasteiger partial charge in [-0.05, 0) is 42.7 Å². The van der Waals surface area contributed by atoms with Gasteiger partial charge >= 0.3 is 0 Å². The highest BCUT2D eigenvalue weighted by Gasteiger charge is 2.28. The maximum Gasteiger partial charge on any atom is 0.121 e. The van der Waals surface area contributed by atoms with E-state index in [0.717, 1.165) is 17.2 Å². The lowest BCUT2D eigenvalue weighted by molar-refractivity contribution is 0.209. The van der Waals surface area contributed by atoms with Crippen LogP contribution >= 0.6 is 0 Å². The third-order valence-electron chi connectivity index (χ3n) is 4.75. The summed E-state index contributed by atoms with van der Waals surface area (Å²) in [5.74, 6) is 0.748. The zero-order valence-electron chi connectivity index (χ0n) is 11.6. The van der Waals surface area contributed by atoms with Gasteiger partial charge in [0.15, 0.2) is 0 Å². The van der Waals surface area contributed by atoms with Crippen molar-refractivity contribution in [2.45, 2.75) is 50.2 Å². The molecule has 20 heavy (non-hydrogen) atoms. The summed E-state index contributed by atoms with van der Waals surface area (Å²) in [6.45, 7) is 0. The SMILES string of the molecule is OC(c1ccc(C2CCC2)cc1)c1cncn1C1CC1. The van der Waals surface area contributed by atoms with Gasteiger partial charge in [-0.2, -0.15) is 0 Å². The first-order chi connectivity index (χ1) is 9.83. The predicted octanol–water partition coefficient (Wildman–Crippen LogP) is 3.57. The van der Waals surface area contributed by atoms with Crippen molar-refractivity contribution in [3.05, 3.63) is 53.6 Å². The zero-order chi connectivity index (χ0) is 13.5. The zero-order valence-corrected chi connectivity index (χ0v) is 11.6. The molecular formula is C17H20N2O. The van der Waals surface area contributed by atoms with Crippen molar-refractivity contribution >= 4 is 0 Å². The Labute approximate surface area is 119 Å². The van der Waals surface area contributed by atoms with E-state index in [-0.39, 0.29) is 0 Å². The summed E-state index contributed by atoms with van der Waals surface area (Å²) in [4.78, 5) is 4.20. The Balaban J connectivity index is 1.57. The van der Waals surface area contributed by atoms with Gasteiger partial charge in [-0.15, -0.1) is 0 Å². The van der Waals surface area contributed by atoms with Crippen molar-refractivity contribution < 1.29 is 5.11 Å². The van der Waals surface area contributed by atoms with Gasteiger partial charge in [0.1, 0.15) is 6.10 Å². The largest absolute Gasteiger partial charge is 0.382 e. The number of hydrogen-bond acceptors (Lipinski definition) is 2. The minimum Gasteiger partial charge on any atom is -0.382 e. The molecule has 2 aliphatic rings. The van der Waals surface area contributed by atoms with E-state index in [1.165, 1.54) is 37.7 Å². The molecule has 1 N–H and O–H groups in total. The standard InChI is InChI=1S/C17H20N2O/c20-17(16-10-18-11-19(16)15-8-9-15)14-6-4-13(5-7-14)12-2-1-3-12/h4-7,10-12,15,17,20H,1-3,8-9H2. The predicted molar refractivity (Wildman–Crippen MR) is 77.6 cm³/mol. The van der Waals surface area contributed by atoms with Gasteiger partial charge in [-0.1, -0.05) is 30.7 Å². The summed E-state index contributed by atoms with van der Waals surface area (Å²) in [5, 5.41) is 10.6. The fraction of sp³-hybridized carbons (Fsp3) is 0.471. The van der Waals surface area contributed by atoms with Gasteiger partial charge in [-0.3, -0.25) is 0 Å². The quantitative estimate of drug-likeness (QED) is 0.920. The lowest BCUT2D eigenvalue weighted by Crippen LogP contribution is -2.10. The van der Waals surface area contributed by atoms with Gasteiger partial charge in [0.2, 0.25) is 0 Å². The molecule has 1 aromatic heterocycles. The third kappa shape index (κ3) is 2.06. The first kappa shape index (κ1) is 12.2. The van der Waals surface area contributed by atoms with Gasteiger partial charge in [0.05, 0.1) is 18.2 Å².